The van der Waals surface area contributed by atoms with Crippen molar-refractivity contribution in [1.82, 2.24) is 0 Å². The van der Waals surface area contributed by atoms with E-state index in [0.29, 0.717) is 11.8 Å². The Morgan fingerprint density at radius 1 is 1.17 bits per heavy atom. The molecular formula is C20H30O3. The fourth-order valence-electron chi connectivity index (χ4n) is 6.19. The van der Waals surface area contributed by atoms with Gasteiger partial charge in [-0.15, -0.1) is 0 Å². The molecule has 1 unspecified atom stereocenters. The van der Waals surface area contributed by atoms with Crippen LogP contribution in [0.5, 0.6) is 0 Å². The lowest BCUT2D eigenvalue weighted by Gasteiger charge is -2.56. The van der Waals surface area contributed by atoms with Crippen LogP contribution in [0.4, 0.5) is 0 Å². The molecule has 3 heteroatoms. The van der Waals surface area contributed by atoms with Crippen LogP contribution in [0.15, 0.2) is 23.3 Å². The molecule has 4 rings (SSSR count). The number of fused-ring (bicyclic) bond motifs is 4. The molecule has 0 aliphatic heterocycles. The van der Waals surface area contributed by atoms with Gasteiger partial charge in [0.2, 0.25) is 0 Å². The Morgan fingerprint density at radius 2 is 1.96 bits per heavy atom. The molecule has 0 saturated heterocycles. The fourth-order valence-corrected chi connectivity index (χ4v) is 6.19. The molecular weight excluding hydrogens is 288 g/mol. The van der Waals surface area contributed by atoms with Gasteiger partial charge in [-0.3, -0.25) is 0 Å². The van der Waals surface area contributed by atoms with E-state index in [0.717, 1.165) is 38.5 Å². The minimum absolute atomic E-state index is 0.0380. The van der Waals surface area contributed by atoms with Crippen LogP contribution < -0.4 is 0 Å². The van der Waals surface area contributed by atoms with Crippen LogP contribution in [0, 0.1) is 22.7 Å². The molecule has 0 bridgehead atoms. The van der Waals surface area contributed by atoms with Crippen molar-refractivity contribution < 1.29 is 14.9 Å². The van der Waals surface area contributed by atoms with Crippen molar-refractivity contribution in [2.45, 2.75) is 70.7 Å². The van der Waals surface area contributed by atoms with E-state index in [2.05, 4.69) is 19.9 Å². The summed E-state index contributed by atoms with van der Waals surface area (Å²) in [6.07, 6.45) is 9.93. The number of methoxy groups -OCH3 is 1. The number of hydrogen-bond acceptors (Lipinski definition) is 3. The molecule has 0 spiro atoms. The molecule has 0 aromatic heterocycles. The molecule has 23 heavy (non-hydrogen) atoms. The highest BCUT2D eigenvalue weighted by atomic mass is 16.5. The Labute approximate surface area is 139 Å². The third kappa shape index (κ3) is 2.06. The number of hydrogen-bond donors (Lipinski definition) is 2. The van der Waals surface area contributed by atoms with Crippen molar-refractivity contribution in [2.75, 3.05) is 7.11 Å². The van der Waals surface area contributed by atoms with Gasteiger partial charge in [0, 0.05) is 12.5 Å². The van der Waals surface area contributed by atoms with Crippen molar-refractivity contribution in [1.29, 1.82) is 0 Å². The molecule has 2 fully saturated rings. The summed E-state index contributed by atoms with van der Waals surface area (Å²) in [6.45, 7) is 4.63. The second-order valence-electron chi connectivity index (χ2n) is 8.68. The van der Waals surface area contributed by atoms with Crippen molar-refractivity contribution in [3.8, 4) is 0 Å². The van der Waals surface area contributed by atoms with Gasteiger partial charge in [0.15, 0.2) is 0 Å². The summed E-state index contributed by atoms with van der Waals surface area (Å²) in [4.78, 5) is 0. The molecule has 0 aromatic rings. The maximum absolute atomic E-state index is 10.5. The second-order valence-corrected chi connectivity index (χ2v) is 8.68. The van der Waals surface area contributed by atoms with Crippen molar-refractivity contribution >= 4 is 0 Å². The topological polar surface area (TPSA) is 49.7 Å². The first-order valence-corrected chi connectivity index (χ1v) is 9.22. The summed E-state index contributed by atoms with van der Waals surface area (Å²) in [5, 5.41) is 20.6. The largest absolute Gasteiger partial charge is 0.392 e. The SMILES string of the molecule is CO[C@H]1CC2C[C@@H](O)C=C[C@]2(C)[C@H]2CC[C@@]3(C)C(=C12)CC[C@@H]3O. The van der Waals surface area contributed by atoms with Crippen molar-refractivity contribution in [3.63, 3.8) is 0 Å². The maximum Gasteiger partial charge on any atom is 0.0790 e. The van der Waals surface area contributed by atoms with E-state index in [-0.39, 0.29) is 29.1 Å². The van der Waals surface area contributed by atoms with Crippen LogP contribution >= 0.6 is 0 Å². The minimum Gasteiger partial charge on any atom is -0.392 e. The minimum atomic E-state index is -0.304. The van der Waals surface area contributed by atoms with E-state index >= 15 is 0 Å². The Bertz CT molecular complexity index is 565. The number of rotatable bonds is 1. The van der Waals surface area contributed by atoms with E-state index in [1.54, 1.807) is 0 Å². The zero-order chi connectivity index (χ0) is 16.4. The summed E-state index contributed by atoms with van der Waals surface area (Å²) in [5.41, 5.74) is 3.08. The van der Waals surface area contributed by atoms with Gasteiger partial charge in [0.1, 0.15) is 0 Å². The highest BCUT2D eigenvalue weighted by Gasteiger charge is 2.56. The lowest BCUT2D eigenvalue weighted by Crippen LogP contribution is -2.51. The summed E-state index contributed by atoms with van der Waals surface area (Å²) >= 11 is 0. The molecule has 7 atom stereocenters. The van der Waals surface area contributed by atoms with Crippen LogP contribution in [0.2, 0.25) is 0 Å². The van der Waals surface area contributed by atoms with E-state index < -0.39 is 0 Å². The predicted octanol–water partition coefficient (Wildman–Crippen LogP) is 3.22. The van der Waals surface area contributed by atoms with Crippen LogP contribution in [0.3, 0.4) is 0 Å². The van der Waals surface area contributed by atoms with Gasteiger partial charge in [0.05, 0.1) is 18.3 Å². The van der Waals surface area contributed by atoms with Crippen molar-refractivity contribution in [2.24, 2.45) is 22.7 Å². The van der Waals surface area contributed by atoms with Crippen LogP contribution in [0.1, 0.15) is 52.4 Å². The van der Waals surface area contributed by atoms with Gasteiger partial charge in [-0.05, 0) is 61.3 Å². The third-order valence-corrected chi connectivity index (χ3v) is 7.73. The van der Waals surface area contributed by atoms with Crippen LogP contribution in [0.25, 0.3) is 0 Å². The molecule has 2 saturated carbocycles. The first kappa shape index (κ1) is 15.9. The van der Waals surface area contributed by atoms with Gasteiger partial charge in [-0.1, -0.05) is 31.6 Å². The summed E-state index contributed by atoms with van der Waals surface area (Å²) in [6, 6.07) is 0. The smallest absolute Gasteiger partial charge is 0.0790 e. The summed E-state index contributed by atoms with van der Waals surface area (Å²) in [5.74, 6) is 0.987. The summed E-state index contributed by atoms with van der Waals surface area (Å²) < 4.78 is 5.93. The highest BCUT2D eigenvalue weighted by molar-refractivity contribution is 5.39. The normalized spacial score (nSPS) is 52.1. The zero-order valence-corrected chi connectivity index (χ0v) is 14.6. The highest BCUT2D eigenvalue weighted by Crippen LogP contribution is 2.62. The molecule has 2 N–H and O–H groups in total. The van der Waals surface area contributed by atoms with Gasteiger partial charge >= 0.3 is 0 Å². The molecule has 3 nitrogen and oxygen atoms in total. The van der Waals surface area contributed by atoms with Gasteiger partial charge in [-0.2, -0.15) is 0 Å². The zero-order valence-electron chi connectivity index (χ0n) is 14.6. The Morgan fingerprint density at radius 3 is 2.70 bits per heavy atom. The fraction of sp³-hybridized carbons (Fsp3) is 0.800. The first-order chi connectivity index (χ1) is 10.9. The van der Waals surface area contributed by atoms with Crippen LogP contribution in [-0.4, -0.2) is 35.6 Å². The molecule has 4 aliphatic rings. The molecule has 0 amide bonds. The Hall–Kier alpha value is -0.640. The van der Waals surface area contributed by atoms with E-state index in [1.807, 2.05) is 13.2 Å². The quantitative estimate of drug-likeness (QED) is 0.730. The molecule has 0 aromatic carbocycles. The molecule has 0 radical (unpaired) electrons. The Balaban J connectivity index is 1.84. The number of allylic oxidation sites excluding steroid dienone is 1. The van der Waals surface area contributed by atoms with E-state index in [1.165, 1.54) is 11.1 Å². The summed E-state index contributed by atoms with van der Waals surface area (Å²) in [7, 11) is 1.82. The lowest BCUT2D eigenvalue weighted by molar-refractivity contribution is -0.0242. The van der Waals surface area contributed by atoms with Crippen LogP contribution in [-0.2, 0) is 4.74 Å². The van der Waals surface area contributed by atoms with E-state index in [4.69, 9.17) is 4.74 Å². The average Bonchev–Trinajstić information content (AvgIpc) is 2.83. The third-order valence-electron chi connectivity index (χ3n) is 7.73. The van der Waals surface area contributed by atoms with Crippen molar-refractivity contribution in [3.05, 3.63) is 23.3 Å². The number of ether oxygens (including phenoxy) is 1. The van der Waals surface area contributed by atoms with E-state index in [9.17, 15) is 10.2 Å². The van der Waals surface area contributed by atoms with Gasteiger partial charge in [0.25, 0.3) is 0 Å². The predicted molar refractivity (Wildman–Crippen MR) is 89.9 cm³/mol. The molecule has 128 valence electrons. The Kier molecular flexibility index (Phi) is 3.57. The monoisotopic (exact) mass is 318 g/mol. The lowest BCUT2D eigenvalue weighted by atomic mass is 9.50. The molecule has 0 heterocycles. The first-order valence-electron chi connectivity index (χ1n) is 9.22. The maximum atomic E-state index is 10.5. The standard InChI is InChI=1S/C20H30O3/c1-19-8-6-13(21)10-12(19)11-16(23-3)18-14-4-5-17(22)20(14,2)9-7-15(18)19/h6,8,12-13,15-17,21-22H,4-5,7,9-11H2,1-3H3/t12?,13-,15-,16-,17-,19-,20-/m0/s1. The second kappa shape index (κ2) is 5.18. The molecule has 4 aliphatic carbocycles. The number of aliphatic hydroxyl groups is 2. The van der Waals surface area contributed by atoms with Gasteiger partial charge < -0.3 is 14.9 Å². The number of aliphatic hydroxyl groups excluding tert-OH is 2. The van der Waals surface area contributed by atoms with Gasteiger partial charge in [-0.25, -0.2) is 0 Å². The average molecular weight is 318 g/mol.